The van der Waals surface area contributed by atoms with Gasteiger partial charge in [-0.3, -0.25) is 9.69 Å². The number of benzene rings is 1. The van der Waals surface area contributed by atoms with Gasteiger partial charge in [-0.05, 0) is 45.1 Å². The van der Waals surface area contributed by atoms with E-state index >= 15 is 0 Å². The Kier molecular flexibility index (Phi) is 8.18. The van der Waals surface area contributed by atoms with Crippen LogP contribution in [0.15, 0.2) is 12.1 Å². The van der Waals surface area contributed by atoms with E-state index in [0.717, 1.165) is 31.9 Å². The van der Waals surface area contributed by atoms with E-state index in [-0.39, 0.29) is 24.9 Å². The fourth-order valence-corrected chi connectivity index (χ4v) is 3.90. The van der Waals surface area contributed by atoms with Crippen molar-refractivity contribution in [3.05, 3.63) is 23.3 Å². The largest absolute Gasteiger partial charge is 0.308 e. The average molecular weight is 435 g/mol. The highest BCUT2D eigenvalue weighted by molar-refractivity contribution is 7.88. The zero-order valence-corrected chi connectivity index (χ0v) is 19.0. The third-order valence-corrected chi connectivity index (χ3v) is 6.53. The van der Waals surface area contributed by atoms with Gasteiger partial charge < -0.3 is 4.90 Å². The van der Waals surface area contributed by atoms with E-state index in [4.69, 9.17) is 0 Å². The van der Waals surface area contributed by atoms with E-state index < -0.39 is 10.0 Å². The summed E-state index contributed by atoms with van der Waals surface area (Å²) in [6.45, 7) is 4.94. The number of carbonyl (C=O) groups excluding carboxylic acids is 1. The van der Waals surface area contributed by atoms with Gasteiger partial charge in [0.15, 0.2) is 5.13 Å². The fourth-order valence-electron chi connectivity index (χ4n) is 2.50. The molecule has 1 aromatic carbocycles. The molecule has 1 heterocycles. The Labute approximate surface area is 171 Å². The summed E-state index contributed by atoms with van der Waals surface area (Å²) in [7, 11) is 1.84. The molecule has 10 heteroatoms. The zero-order valence-electron chi connectivity index (χ0n) is 16.5. The predicted octanol–water partition coefficient (Wildman–Crippen LogP) is 2.12. The molecule has 1 amide bonds. The number of thiazole rings is 1. The summed E-state index contributed by atoms with van der Waals surface area (Å²) >= 11 is 1.46. The summed E-state index contributed by atoms with van der Waals surface area (Å²) < 4.78 is 25.4. The van der Waals surface area contributed by atoms with Gasteiger partial charge >= 0.3 is 0 Å². The zero-order chi connectivity index (χ0) is 19.6. The molecule has 0 aliphatic carbocycles. The molecule has 0 radical (unpaired) electrons. The Morgan fingerprint density at radius 2 is 1.78 bits per heavy atom. The van der Waals surface area contributed by atoms with Crippen molar-refractivity contribution < 1.29 is 13.2 Å². The summed E-state index contributed by atoms with van der Waals surface area (Å²) in [5.41, 5.74) is 3.11. The van der Waals surface area contributed by atoms with Crippen LogP contribution in [0.2, 0.25) is 0 Å². The molecule has 27 heavy (non-hydrogen) atoms. The minimum Gasteiger partial charge on any atom is -0.308 e. The number of anilines is 1. The number of fused-ring (bicyclic) bond motifs is 1. The lowest BCUT2D eigenvalue weighted by Crippen LogP contribution is -2.43. The van der Waals surface area contributed by atoms with E-state index in [1.54, 1.807) is 4.90 Å². The van der Waals surface area contributed by atoms with Crippen LogP contribution in [-0.2, 0) is 14.8 Å². The first-order valence-corrected chi connectivity index (χ1v) is 10.9. The average Bonchev–Trinajstić information content (AvgIpc) is 2.89. The van der Waals surface area contributed by atoms with Gasteiger partial charge in [-0.25, -0.2) is 13.4 Å². The molecule has 0 bridgehead atoms. The highest BCUT2D eigenvalue weighted by atomic mass is 35.5. The number of hydrogen-bond acceptors (Lipinski definition) is 6. The molecular weight excluding hydrogens is 408 g/mol. The van der Waals surface area contributed by atoms with Crippen LogP contribution in [0, 0.1) is 13.8 Å². The first kappa shape index (κ1) is 23.8. The molecular formula is C17H27ClN4O3S2. The van der Waals surface area contributed by atoms with Crippen LogP contribution in [0.25, 0.3) is 10.2 Å². The van der Waals surface area contributed by atoms with Crippen molar-refractivity contribution >= 4 is 55.0 Å². The Morgan fingerprint density at radius 3 is 2.33 bits per heavy atom. The van der Waals surface area contributed by atoms with Gasteiger partial charge in [0, 0.05) is 20.1 Å². The predicted molar refractivity (Wildman–Crippen MR) is 115 cm³/mol. The Hall–Kier alpha value is -1.26. The topological polar surface area (TPSA) is 73.8 Å². The summed E-state index contributed by atoms with van der Waals surface area (Å²) in [4.78, 5) is 21.0. The molecule has 2 rings (SSSR count). The second kappa shape index (κ2) is 9.29. The Morgan fingerprint density at radius 1 is 1.15 bits per heavy atom. The SMILES string of the molecule is Cc1cc(C)c2sc(N(CCN(C)C)C(=O)CN(C)S(C)(=O)=O)nc2c1.Cl. The number of carbonyl (C=O) groups is 1. The molecule has 0 saturated carbocycles. The highest BCUT2D eigenvalue weighted by Crippen LogP contribution is 2.32. The normalized spacial score (nSPS) is 11.9. The summed E-state index contributed by atoms with van der Waals surface area (Å²) in [6.07, 6.45) is 1.09. The van der Waals surface area contributed by atoms with E-state index in [1.165, 1.54) is 18.4 Å². The molecule has 0 aliphatic rings. The minimum atomic E-state index is -3.42. The number of likely N-dealkylation sites (N-methyl/N-ethyl adjacent to an activating group) is 2. The Bertz CT molecular complexity index is 912. The maximum absolute atomic E-state index is 12.8. The van der Waals surface area contributed by atoms with Crippen LogP contribution in [0.1, 0.15) is 11.1 Å². The standard InChI is InChI=1S/C17H26N4O3S2.ClH/c1-12-9-13(2)16-14(10-12)18-17(25-16)21(8-7-19(3)4)15(22)11-20(5)26(6,23)24;/h9-10H,7-8,11H2,1-6H3;1H. The second-order valence-electron chi connectivity index (χ2n) is 6.79. The number of hydrogen-bond donors (Lipinski definition) is 0. The van der Waals surface area contributed by atoms with Crippen LogP contribution >= 0.6 is 23.7 Å². The van der Waals surface area contributed by atoms with Crippen LogP contribution in [0.4, 0.5) is 5.13 Å². The number of sulfonamides is 1. The van der Waals surface area contributed by atoms with E-state index in [1.807, 2.05) is 38.9 Å². The van der Waals surface area contributed by atoms with Gasteiger partial charge in [0.05, 0.1) is 23.0 Å². The van der Waals surface area contributed by atoms with Crippen molar-refractivity contribution in [3.63, 3.8) is 0 Å². The lowest BCUT2D eigenvalue weighted by atomic mass is 10.1. The third-order valence-electron chi connectivity index (χ3n) is 4.04. The van der Waals surface area contributed by atoms with Gasteiger partial charge in [0.1, 0.15) is 0 Å². The minimum absolute atomic E-state index is 0. The lowest BCUT2D eigenvalue weighted by Gasteiger charge is -2.24. The molecule has 0 aliphatic heterocycles. The molecule has 0 unspecified atom stereocenters. The summed E-state index contributed by atoms with van der Waals surface area (Å²) in [6, 6.07) is 4.09. The maximum atomic E-state index is 12.8. The van der Waals surface area contributed by atoms with Crippen LogP contribution in [0.5, 0.6) is 0 Å². The van der Waals surface area contributed by atoms with Crippen LogP contribution < -0.4 is 4.90 Å². The number of aromatic nitrogens is 1. The molecule has 7 nitrogen and oxygen atoms in total. The molecule has 1 aromatic heterocycles. The van der Waals surface area contributed by atoms with Gasteiger partial charge in [0.25, 0.3) is 0 Å². The summed E-state index contributed by atoms with van der Waals surface area (Å²) in [5, 5.41) is 0.599. The third kappa shape index (κ3) is 6.11. The number of nitrogens with zero attached hydrogens (tertiary/aromatic N) is 4. The van der Waals surface area contributed by atoms with Crippen LogP contribution in [0.3, 0.4) is 0 Å². The molecule has 0 atom stereocenters. The number of halogens is 1. The quantitative estimate of drug-likeness (QED) is 0.667. The molecule has 0 N–H and O–H groups in total. The lowest BCUT2D eigenvalue weighted by molar-refractivity contribution is -0.118. The number of aryl methyl sites for hydroxylation is 2. The monoisotopic (exact) mass is 434 g/mol. The number of rotatable bonds is 7. The fraction of sp³-hybridized carbons (Fsp3) is 0.529. The maximum Gasteiger partial charge on any atom is 0.244 e. The van der Waals surface area contributed by atoms with Gasteiger partial charge in [-0.2, -0.15) is 4.31 Å². The van der Waals surface area contributed by atoms with Gasteiger partial charge in [-0.15, -0.1) is 12.4 Å². The van der Waals surface area contributed by atoms with Crippen molar-refractivity contribution in [2.45, 2.75) is 13.8 Å². The molecule has 0 saturated heterocycles. The van der Waals surface area contributed by atoms with Crippen molar-refractivity contribution in [1.29, 1.82) is 0 Å². The first-order chi connectivity index (χ1) is 12.0. The van der Waals surface area contributed by atoms with Crippen molar-refractivity contribution in [2.75, 3.05) is 51.9 Å². The van der Waals surface area contributed by atoms with Crippen molar-refractivity contribution in [2.24, 2.45) is 0 Å². The van der Waals surface area contributed by atoms with Crippen molar-refractivity contribution in [1.82, 2.24) is 14.2 Å². The highest BCUT2D eigenvalue weighted by Gasteiger charge is 2.24. The molecule has 152 valence electrons. The summed E-state index contributed by atoms with van der Waals surface area (Å²) in [5.74, 6) is -0.284. The van der Waals surface area contributed by atoms with E-state index in [2.05, 4.69) is 11.1 Å². The molecule has 0 spiro atoms. The molecule has 0 fully saturated rings. The first-order valence-electron chi connectivity index (χ1n) is 8.23. The number of amides is 1. The van der Waals surface area contributed by atoms with E-state index in [9.17, 15) is 13.2 Å². The van der Waals surface area contributed by atoms with Crippen LogP contribution in [-0.4, -0.2) is 75.5 Å². The van der Waals surface area contributed by atoms with Gasteiger partial charge in [-0.1, -0.05) is 17.4 Å². The Balaban J connectivity index is 0.00000364. The molecule has 2 aromatic rings. The van der Waals surface area contributed by atoms with Gasteiger partial charge in [0.2, 0.25) is 15.9 Å². The van der Waals surface area contributed by atoms with Crippen molar-refractivity contribution in [3.8, 4) is 0 Å². The second-order valence-corrected chi connectivity index (χ2v) is 9.86. The smallest absolute Gasteiger partial charge is 0.244 e. The van der Waals surface area contributed by atoms with E-state index in [0.29, 0.717) is 18.2 Å².